The van der Waals surface area contributed by atoms with Gasteiger partial charge in [-0.2, -0.15) is 0 Å². The molecule has 8 unspecified atom stereocenters. The smallest absolute Gasteiger partial charge is 0.258 e. The van der Waals surface area contributed by atoms with E-state index in [4.69, 9.17) is 0 Å². The highest BCUT2D eigenvalue weighted by molar-refractivity contribution is 7.02. The Morgan fingerprint density at radius 3 is 0.861 bits per heavy atom. The lowest BCUT2D eigenvalue weighted by molar-refractivity contribution is 0.165. The van der Waals surface area contributed by atoms with Crippen LogP contribution in [0.25, 0.3) is 66.5 Å². The summed E-state index contributed by atoms with van der Waals surface area (Å²) in [6.07, 6.45) is 28.6. The number of benzene rings is 5. The van der Waals surface area contributed by atoms with Crippen LogP contribution in [0.1, 0.15) is 247 Å². The Kier molecular flexibility index (Phi) is 7.38. The van der Waals surface area contributed by atoms with Crippen LogP contribution in [0.2, 0.25) is 0 Å². The summed E-state index contributed by atoms with van der Waals surface area (Å²) in [5, 5.41) is 3.17. The van der Waals surface area contributed by atoms with Crippen LogP contribution in [0.15, 0.2) is 60.7 Å². The standard InChI is InChI=1S/C74H75BN4/c1-74(2,3)50-24-67-71-68(25-50)79-66-33-58-49-22-40-7-41(23-49)19-47(18-40)56(58)31-64(66)77-62-29-54-45-14-36-5-37(15-45)11-43(10-36)52(54)27-60(62)70(73(77)79)75(71)69-59-26-51-42-8-34-4-35(9-42)13-44(12-34)53(51)28-61(59)76-63-30-55-46-16-38-6-39(17-46)21-48(20-38)57(55)32-65(63)78(67)72(69)76/h24-49H,4-23H2,1-3H3. The second-order valence-electron chi connectivity index (χ2n) is 32.6. The van der Waals surface area contributed by atoms with Crippen LogP contribution in [-0.4, -0.2) is 24.6 Å². The Morgan fingerprint density at radius 2 is 0.570 bits per heavy atom. The third-order valence-corrected chi connectivity index (χ3v) is 27.5. The van der Waals surface area contributed by atoms with Crippen LogP contribution in [0.3, 0.4) is 0 Å². The molecular weight excluding hydrogens is 956 g/mol. The van der Waals surface area contributed by atoms with Gasteiger partial charge in [-0.3, -0.25) is 17.9 Å². The van der Waals surface area contributed by atoms with Gasteiger partial charge in [-0.05, 0) is 366 Å². The van der Waals surface area contributed by atoms with Crippen LogP contribution >= 0.6 is 0 Å². The summed E-state index contributed by atoms with van der Waals surface area (Å²) in [5.41, 5.74) is 35.3. The highest BCUT2D eigenvalue weighted by Crippen LogP contribution is 2.62. The zero-order valence-corrected chi connectivity index (χ0v) is 47.0. The topological polar surface area (TPSA) is 18.7 Å². The molecule has 0 amide bonds. The van der Waals surface area contributed by atoms with Crippen LogP contribution in [0, 0.1) is 47.3 Å². The van der Waals surface area contributed by atoms with Crippen molar-refractivity contribution >= 4 is 78.3 Å². The van der Waals surface area contributed by atoms with Crippen LogP contribution in [0.4, 0.5) is 0 Å². The SMILES string of the molecule is CC(C)(C)c1cc2c3c(c1)-n1c4cc5c(cc4n4c6cc7c(cc6c(c14)B3c1c3cc4c(cc3n3c6cc8c(cc6n-2c13)C1CC2CC(C1)CC8C2)C1CC2CC(CC4C2)C1)C1CC2CC(C1)CC7C2)C1CC2CC(CC5C2)C1. The maximum absolute atomic E-state index is 2.95. The first-order valence-electron chi connectivity index (χ1n) is 33.2. The summed E-state index contributed by atoms with van der Waals surface area (Å²) in [7, 11) is 0. The predicted octanol–water partition coefficient (Wildman–Crippen LogP) is 16.4. The van der Waals surface area contributed by atoms with E-state index in [9.17, 15) is 0 Å². The van der Waals surface area contributed by atoms with E-state index in [1.54, 1.807) is 71.7 Å². The maximum Gasteiger partial charge on any atom is 0.258 e. The second-order valence-corrected chi connectivity index (χ2v) is 32.6. The number of imidazole rings is 2. The Bertz CT molecular complexity index is 4100. The minimum atomic E-state index is -0.0318. The van der Waals surface area contributed by atoms with Crippen molar-refractivity contribution in [2.24, 2.45) is 47.3 Å². The molecule has 4 nitrogen and oxygen atoms in total. The molecular formula is C74H75BN4. The van der Waals surface area contributed by atoms with E-state index >= 15 is 0 Å². The fraction of sp³-hybridized carbons (Fsp3) is 0.541. The second kappa shape index (κ2) is 13.7. The zero-order chi connectivity index (χ0) is 50.7. The molecule has 394 valence electrons. The van der Waals surface area contributed by atoms with Gasteiger partial charge >= 0.3 is 0 Å². The average molecular weight is 1030 g/mol. The summed E-state index contributed by atoms with van der Waals surface area (Å²) in [5.74, 6) is 13.0. The minimum Gasteiger partial charge on any atom is -0.295 e. The average Bonchev–Trinajstić information content (AvgIpc) is 2.14. The van der Waals surface area contributed by atoms with E-state index < -0.39 is 0 Å². The van der Waals surface area contributed by atoms with Crippen molar-refractivity contribution in [3.63, 3.8) is 0 Å². The molecule has 0 N–H and O–H groups in total. The van der Waals surface area contributed by atoms with E-state index in [-0.39, 0.29) is 12.1 Å². The Labute approximate surface area is 465 Å². The molecule has 16 bridgehead atoms. The summed E-state index contributed by atoms with van der Waals surface area (Å²) in [6.45, 7) is 7.65. The van der Waals surface area contributed by atoms with E-state index in [1.807, 2.05) is 0 Å². The van der Waals surface area contributed by atoms with Gasteiger partial charge in [-0.25, -0.2) is 0 Å². The normalized spacial score (nSPS) is 36.5. The lowest BCUT2D eigenvalue weighted by Gasteiger charge is -2.38. The largest absolute Gasteiger partial charge is 0.295 e. The lowest BCUT2D eigenvalue weighted by Crippen LogP contribution is -2.59. The number of aromatic nitrogens is 4. The molecule has 9 aromatic rings. The molecule has 0 saturated heterocycles. The molecule has 8 atom stereocenters. The molecule has 0 spiro atoms. The van der Waals surface area contributed by atoms with Gasteiger partial charge < -0.3 is 0 Å². The summed E-state index contributed by atoms with van der Waals surface area (Å²) < 4.78 is 11.8. The molecule has 8 saturated carbocycles. The highest BCUT2D eigenvalue weighted by atomic mass is 15.2. The van der Waals surface area contributed by atoms with Crippen molar-refractivity contribution in [2.45, 2.75) is 202 Å². The summed E-state index contributed by atoms with van der Waals surface area (Å²) >= 11 is 0. The number of fused-ring (bicyclic) bond motifs is 16. The Balaban J connectivity index is 0.905. The van der Waals surface area contributed by atoms with Crippen molar-refractivity contribution < 1.29 is 0 Å². The third kappa shape index (κ3) is 5.06. The number of hydrogen-bond donors (Lipinski definition) is 0. The van der Waals surface area contributed by atoms with Crippen LogP contribution in [0.5, 0.6) is 0 Å². The molecule has 2 aliphatic heterocycles. The van der Waals surface area contributed by atoms with Crippen LogP contribution < -0.4 is 16.4 Å². The molecule has 6 heterocycles. The van der Waals surface area contributed by atoms with E-state index in [0.29, 0.717) is 47.3 Å². The fourth-order valence-electron chi connectivity index (χ4n) is 25.3. The van der Waals surface area contributed by atoms with Crippen molar-refractivity contribution in [1.82, 2.24) is 17.9 Å². The van der Waals surface area contributed by atoms with Gasteiger partial charge in [0.05, 0.1) is 33.1 Å². The van der Waals surface area contributed by atoms with Crippen molar-refractivity contribution in [2.75, 3.05) is 0 Å². The predicted molar refractivity (Wildman–Crippen MR) is 323 cm³/mol. The molecule has 27 rings (SSSR count). The first-order valence-corrected chi connectivity index (χ1v) is 33.2. The van der Waals surface area contributed by atoms with Gasteiger partial charge in [0.15, 0.2) is 0 Å². The van der Waals surface area contributed by atoms with Gasteiger partial charge in [-0.1, -0.05) is 20.8 Å². The molecule has 79 heavy (non-hydrogen) atoms. The van der Waals surface area contributed by atoms with Gasteiger partial charge in [0.25, 0.3) is 6.71 Å². The van der Waals surface area contributed by atoms with Crippen molar-refractivity contribution in [3.05, 3.63) is 111 Å². The number of hydrogen-bond acceptors (Lipinski definition) is 0. The number of rotatable bonds is 0. The lowest BCUT2D eigenvalue weighted by atomic mass is 9.34. The van der Waals surface area contributed by atoms with E-state index in [1.165, 1.54) is 190 Å². The van der Waals surface area contributed by atoms with Gasteiger partial charge in [0.1, 0.15) is 11.3 Å². The van der Waals surface area contributed by atoms with Gasteiger partial charge in [0, 0.05) is 11.4 Å². The Morgan fingerprint density at radius 1 is 0.304 bits per heavy atom. The van der Waals surface area contributed by atoms with E-state index in [2.05, 4.69) is 99.4 Å². The highest BCUT2D eigenvalue weighted by Gasteiger charge is 2.51. The molecule has 16 aliphatic carbocycles. The molecule has 5 heteroatoms. The van der Waals surface area contributed by atoms with Crippen molar-refractivity contribution in [1.29, 1.82) is 0 Å². The molecule has 0 radical (unpaired) electrons. The van der Waals surface area contributed by atoms with E-state index in [0.717, 1.165) is 47.3 Å². The van der Waals surface area contributed by atoms with Crippen molar-refractivity contribution in [3.8, 4) is 11.4 Å². The summed E-state index contributed by atoms with van der Waals surface area (Å²) in [4.78, 5) is 0. The zero-order valence-electron chi connectivity index (χ0n) is 47.0. The quantitative estimate of drug-likeness (QED) is 0.135. The minimum absolute atomic E-state index is 0.0318. The van der Waals surface area contributed by atoms with Gasteiger partial charge in [0.2, 0.25) is 0 Å². The Hall–Kier alpha value is -5.16. The number of nitrogens with zero attached hydrogens (tertiary/aromatic N) is 4. The molecule has 18 aliphatic rings. The maximum atomic E-state index is 2.95. The first-order chi connectivity index (χ1) is 38.6. The molecule has 8 fully saturated rings. The third-order valence-electron chi connectivity index (χ3n) is 27.5. The fourth-order valence-corrected chi connectivity index (χ4v) is 25.3. The first kappa shape index (κ1) is 42.7. The molecule has 5 aromatic carbocycles. The van der Waals surface area contributed by atoms with Gasteiger partial charge in [-0.15, -0.1) is 0 Å². The van der Waals surface area contributed by atoms with Crippen LogP contribution in [-0.2, 0) is 5.41 Å². The molecule has 4 aromatic heterocycles. The monoisotopic (exact) mass is 1030 g/mol. The summed E-state index contributed by atoms with van der Waals surface area (Å²) in [6, 6.07) is 28.5.